The van der Waals surface area contributed by atoms with Crippen LogP contribution in [0.15, 0.2) is 24.5 Å². The maximum atomic E-state index is 8.74. The number of nitriles is 1. The van der Waals surface area contributed by atoms with Gasteiger partial charge in [-0.1, -0.05) is 6.07 Å². The van der Waals surface area contributed by atoms with Gasteiger partial charge < -0.3 is 5.11 Å². The molecular weight excluding hydrogens is 226 g/mol. The van der Waals surface area contributed by atoms with Gasteiger partial charge in [-0.05, 0) is 37.4 Å². The smallest absolute Gasteiger partial charge is 0.0635 e. The third kappa shape index (κ3) is 6.33. The maximum absolute atomic E-state index is 8.74. The molecule has 1 heterocycles. The molecule has 1 aromatic heterocycles. The van der Waals surface area contributed by atoms with E-state index in [0.29, 0.717) is 6.42 Å². The summed E-state index contributed by atoms with van der Waals surface area (Å²) in [5.74, 6) is 0. The quantitative estimate of drug-likeness (QED) is 0.678. The fraction of sp³-hybridized carbons (Fsp3) is 0.571. The van der Waals surface area contributed by atoms with Crippen molar-refractivity contribution in [1.29, 1.82) is 5.26 Å². The summed E-state index contributed by atoms with van der Waals surface area (Å²) in [6.45, 7) is 2.87. The number of aliphatic hydroxyl groups is 1. The molecule has 0 atom stereocenters. The van der Waals surface area contributed by atoms with E-state index in [1.807, 2.05) is 12.3 Å². The van der Waals surface area contributed by atoms with Crippen molar-refractivity contribution in [3.63, 3.8) is 0 Å². The van der Waals surface area contributed by atoms with Crippen LogP contribution in [-0.4, -0.2) is 34.7 Å². The fourth-order valence-electron chi connectivity index (χ4n) is 1.85. The second-order valence-corrected chi connectivity index (χ2v) is 4.33. The molecule has 0 fully saturated rings. The van der Waals surface area contributed by atoms with Gasteiger partial charge in [-0.15, -0.1) is 0 Å². The number of nitrogens with zero attached hydrogens (tertiary/aromatic N) is 3. The molecule has 4 heteroatoms. The van der Waals surface area contributed by atoms with E-state index < -0.39 is 0 Å². The first kappa shape index (κ1) is 14.6. The van der Waals surface area contributed by atoms with Gasteiger partial charge in [-0.3, -0.25) is 9.88 Å². The van der Waals surface area contributed by atoms with Crippen LogP contribution in [0.25, 0.3) is 0 Å². The summed E-state index contributed by atoms with van der Waals surface area (Å²) in [4.78, 5) is 6.38. The minimum Gasteiger partial charge on any atom is -0.396 e. The molecule has 0 aliphatic rings. The monoisotopic (exact) mass is 247 g/mol. The van der Waals surface area contributed by atoms with Crippen LogP contribution in [0.4, 0.5) is 0 Å². The molecule has 0 saturated heterocycles. The van der Waals surface area contributed by atoms with Crippen LogP contribution in [0.2, 0.25) is 0 Å². The molecule has 1 N–H and O–H groups in total. The number of aliphatic hydroxyl groups excluding tert-OH is 1. The van der Waals surface area contributed by atoms with E-state index in [0.717, 1.165) is 38.9 Å². The second-order valence-electron chi connectivity index (χ2n) is 4.33. The van der Waals surface area contributed by atoms with Gasteiger partial charge in [0.05, 0.1) is 6.07 Å². The molecule has 0 saturated carbocycles. The highest BCUT2D eigenvalue weighted by molar-refractivity contribution is 5.08. The zero-order valence-electron chi connectivity index (χ0n) is 10.8. The standard InChI is InChI=1S/C14H21N3O/c15-7-5-10-17(9-2-1-3-11-18)13-14-6-4-8-16-12-14/h4,6,8,12,18H,1-3,5,9-11,13H2. The Morgan fingerprint density at radius 1 is 1.28 bits per heavy atom. The number of aromatic nitrogens is 1. The average Bonchev–Trinajstić information content (AvgIpc) is 2.41. The molecule has 0 unspecified atom stereocenters. The van der Waals surface area contributed by atoms with E-state index in [1.165, 1.54) is 5.56 Å². The van der Waals surface area contributed by atoms with E-state index in [1.54, 1.807) is 6.20 Å². The summed E-state index contributed by atoms with van der Waals surface area (Å²) in [6.07, 6.45) is 7.15. The van der Waals surface area contributed by atoms with E-state index in [-0.39, 0.29) is 6.61 Å². The molecule has 4 nitrogen and oxygen atoms in total. The first-order chi connectivity index (χ1) is 8.86. The molecule has 0 bridgehead atoms. The third-order valence-corrected chi connectivity index (χ3v) is 2.80. The van der Waals surface area contributed by atoms with Crippen molar-refractivity contribution < 1.29 is 5.11 Å². The average molecular weight is 247 g/mol. The lowest BCUT2D eigenvalue weighted by molar-refractivity contribution is 0.250. The van der Waals surface area contributed by atoms with Crippen LogP contribution >= 0.6 is 0 Å². The number of hydrogen-bond donors (Lipinski definition) is 1. The Kier molecular flexibility index (Phi) is 7.78. The topological polar surface area (TPSA) is 60.2 Å². The highest BCUT2D eigenvalue weighted by Gasteiger charge is 2.05. The minimum atomic E-state index is 0.265. The maximum Gasteiger partial charge on any atom is 0.0635 e. The minimum absolute atomic E-state index is 0.265. The van der Waals surface area contributed by atoms with E-state index in [9.17, 15) is 0 Å². The van der Waals surface area contributed by atoms with Crippen LogP contribution in [0.5, 0.6) is 0 Å². The third-order valence-electron chi connectivity index (χ3n) is 2.80. The predicted molar refractivity (Wildman–Crippen MR) is 70.7 cm³/mol. The summed E-state index contributed by atoms with van der Waals surface area (Å²) >= 11 is 0. The highest BCUT2D eigenvalue weighted by atomic mass is 16.2. The lowest BCUT2D eigenvalue weighted by Crippen LogP contribution is -2.25. The van der Waals surface area contributed by atoms with Gasteiger partial charge in [-0.25, -0.2) is 0 Å². The van der Waals surface area contributed by atoms with Crippen molar-refractivity contribution in [3.8, 4) is 6.07 Å². The number of hydrogen-bond acceptors (Lipinski definition) is 4. The molecule has 1 rings (SSSR count). The van der Waals surface area contributed by atoms with Crippen molar-refractivity contribution in [2.75, 3.05) is 19.7 Å². The fourth-order valence-corrected chi connectivity index (χ4v) is 1.85. The molecular formula is C14H21N3O. The summed E-state index contributed by atoms with van der Waals surface area (Å²) in [5.41, 5.74) is 1.18. The van der Waals surface area contributed by atoms with Gasteiger partial charge in [0.15, 0.2) is 0 Å². The van der Waals surface area contributed by atoms with E-state index >= 15 is 0 Å². The van der Waals surface area contributed by atoms with Gasteiger partial charge >= 0.3 is 0 Å². The SMILES string of the molecule is N#CCCN(CCCCCO)Cc1cccnc1. The van der Waals surface area contributed by atoms with Gasteiger partial charge in [-0.2, -0.15) is 5.26 Å². The van der Waals surface area contributed by atoms with E-state index in [2.05, 4.69) is 22.0 Å². The van der Waals surface area contributed by atoms with Crippen molar-refractivity contribution in [2.24, 2.45) is 0 Å². The van der Waals surface area contributed by atoms with Crippen molar-refractivity contribution in [3.05, 3.63) is 30.1 Å². The Balaban J connectivity index is 2.37. The van der Waals surface area contributed by atoms with Crippen molar-refractivity contribution in [1.82, 2.24) is 9.88 Å². The highest BCUT2D eigenvalue weighted by Crippen LogP contribution is 2.06. The lowest BCUT2D eigenvalue weighted by Gasteiger charge is -2.20. The van der Waals surface area contributed by atoms with Gasteiger partial charge in [0.25, 0.3) is 0 Å². The Morgan fingerprint density at radius 3 is 2.83 bits per heavy atom. The molecule has 0 aromatic carbocycles. The molecule has 0 spiro atoms. The summed E-state index contributed by atoms with van der Waals surface area (Å²) in [6, 6.07) is 6.18. The zero-order chi connectivity index (χ0) is 13.1. The van der Waals surface area contributed by atoms with Crippen LogP contribution < -0.4 is 0 Å². The second kappa shape index (κ2) is 9.58. The van der Waals surface area contributed by atoms with E-state index in [4.69, 9.17) is 10.4 Å². The van der Waals surface area contributed by atoms with Crippen LogP contribution in [0.3, 0.4) is 0 Å². The molecule has 0 aliphatic carbocycles. The van der Waals surface area contributed by atoms with Gasteiger partial charge in [0, 0.05) is 38.5 Å². The predicted octanol–water partition coefficient (Wildman–Crippen LogP) is 1.96. The summed E-state index contributed by atoms with van der Waals surface area (Å²) in [5, 5.41) is 17.4. The van der Waals surface area contributed by atoms with Gasteiger partial charge in [0.2, 0.25) is 0 Å². The first-order valence-corrected chi connectivity index (χ1v) is 6.46. The van der Waals surface area contributed by atoms with Crippen molar-refractivity contribution in [2.45, 2.75) is 32.2 Å². The van der Waals surface area contributed by atoms with Crippen LogP contribution in [0, 0.1) is 11.3 Å². The Labute approximate surface area is 109 Å². The van der Waals surface area contributed by atoms with Crippen LogP contribution in [0.1, 0.15) is 31.2 Å². The molecule has 0 radical (unpaired) electrons. The van der Waals surface area contributed by atoms with Crippen LogP contribution in [-0.2, 0) is 6.54 Å². The largest absolute Gasteiger partial charge is 0.396 e. The lowest BCUT2D eigenvalue weighted by atomic mass is 10.2. The Bertz CT molecular complexity index is 348. The first-order valence-electron chi connectivity index (χ1n) is 6.46. The summed E-state index contributed by atoms with van der Waals surface area (Å²) < 4.78 is 0. The molecule has 0 amide bonds. The Hall–Kier alpha value is -1.44. The molecule has 0 aliphatic heterocycles. The summed E-state index contributed by atoms with van der Waals surface area (Å²) in [7, 11) is 0. The van der Waals surface area contributed by atoms with Gasteiger partial charge in [0.1, 0.15) is 0 Å². The number of unbranched alkanes of at least 4 members (excludes halogenated alkanes) is 2. The zero-order valence-corrected chi connectivity index (χ0v) is 10.8. The normalized spacial score (nSPS) is 10.5. The Morgan fingerprint density at radius 2 is 2.17 bits per heavy atom. The molecule has 18 heavy (non-hydrogen) atoms. The molecule has 98 valence electrons. The van der Waals surface area contributed by atoms with Crippen molar-refractivity contribution >= 4 is 0 Å². The number of rotatable bonds is 9. The number of pyridine rings is 1. The molecule has 1 aromatic rings.